The minimum Gasteiger partial charge on any atom is -0.376 e. The number of para-hydroxylation sites is 1. The maximum atomic E-state index is 12.7. The molecule has 3 rings (SSSR count). The third-order valence-electron chi connectivity index (χ3n) is 4.49. The molecule has 7 nitrogen and oxygen atoms in total. The van der Waals surface area contributed by atoms with E-state index in [1.165, 1.54) is 4.57 Å². The average Bonchev–Trinajstić information content (AvgIpc) is 2.63. The zero-order chi connectivity index (χ0) is 17.8. The fourth-order valence-electron chi connectivity index (χ4n) is 3.22. The number of aromatic amines is 1. The van der Waals surface area contributed by atoms with Gasteiger partial charge in [0, 0.05) is 19.7 Å². The first-order valence-corrected chi connectivity index (χ1v) is 8.71. The number of nitrogens with one attached hydrogen (secondary N) is 1. The summed E-state index contributed by atoms with van der Waals surface area (Å²) in [5.74, 6) is -0.135. The van der Waals surface area contributed by atoms with Crippen LogP contribution in [0.3, 0.4) is 0 Å². The molecule has 0 radical (unpaired) electrons. The van der Waals surface area contributed by atoms with E-state index in [4.69, 9.17) is 4.74 Å². The molecule has 2 heterocycles. The number of aromatic nitrogens is 2. The molecule has 1 aromatic carbocycles. The van der Waals surface area contributed by atoms with Gasteiger partial charge in [0.2, 0.25) is 5.91 Å². The highest BCUT2D eigenvalue weighted by atomic mass is 16.5. The van der Waals surface area contributed by atoms with Crippen molar-refractivity contribution < 1.29 is 9.53 Å². The van der Waals surface area contributed by atoms with E-state index in [0.717, 1.165) is 19.3 Å². The van der Waals surface area contributed by atoms with Crippen LogP contribution in [-0.2, 0) is 16.1 Å². The van der Waals surface area contributed by atoms with Crippen LogP contribution in [0.25, 0.3) is 10.9 Å². The van der Waals surface area contributed by atoms with Gasteiger partial charge in [0.15, 0.2) is 0 Å². The summed E-state index contributed by atoms with van der Waals surface area (Å²) < 4.78 is 7.09. The Bertz CT molecular complexity index is 870. The molecule has 0 aliphatic carbocycles. The predicted octanol–water partition coefficient (Wildman–Crippen LogP) is 1.11. The molecule has 0 spiro atoms. The van der Waals surface area contributed by atoms with Gasteiger partial charge in [-0.3, -0.25) is 19.1 Å². The third-order valence-corrected chi connectivity index (χ3v) is 4.49. The minimum absolute atomic E-state index is 0.0571. The van der Waals surface area contributed by atoms with E-state index in [2.05, 4.69) is 11.9 Å². The van der Waals surface area contributed by atoms with Crippen molar-refractivity contribution in [2.75, 3.05) is 19.7 Å². The molecular formula is C18H23N3O4. The molecule has 1 N–H and O–H groups in total. The molecule has 1 fully saturated rings. The molecule has 1 aliphatic rings. The molecule has 1 saturated heterocycles. The van der Waals surface area contributed by atoms with E-state index in [9.17, 15) is 14.4 Å². The molecule has 2 aromatic rings. The number of piperidine rings is 1. The predicted molar refractivity (Wildman–Crippen MR) is 94.7 cm³/mol. The van der Waals surface area contributed by atoms with Crippen LogP contribution in [0.5, 0.6) is 0 Å². The van der Waals surface area contributed by atoms with Gasteiger partial charge in [-0.1, -0.05) is 19.1 Å². The van der Waals surface area contributed by atoms with Crippen LogP contribution in [0.4, 0.5) is 0 Å². The Morgan fingerprint density at radius 3 is 2.92 bits per heavy atom. The van der Waals surface area contributed by atoms with E-state index < -0.39 is 11.2 Å². The lowest BCUT2D eigenvalue weighted by atomic mass is 10.1. The van der Waals surface area contributed by atoms with Crippen molar-refractivity contribution in [3.63, 3.8) is 0 Å². The van der Waals surface area contributed by atoms with Gasteiger partial charge in [-0.05, 0) is 31.4 Å². The number of hydrogen-bond acceptors (Lipinski definition) is 4. The fourth-order valence-corrected chi connectivity index (χ4v) is 3.22. The minimum atomic E-state index is -0.562. The number of carbonyl (C=O) groups is 1. The van der Waals surface area contributed by atoms with Crippen LogP contribution >= 0.6 is 0 Å². The summed E-state index contributed by atoms with van der Waals surface area (Å²) in [4.78, 5) is 40.8. The van der Waals surface area contributed by atoms with Crippen molar-refractivity contribution in [2.24, 2.45) is 0 Å². The lowest BCUT2D eigenvalue weighted by molar-refractivity contribution is -0.136. The highest BCUT2D eigenvalue weighted by Gasteiger charge is 2.24. The number of likely N-dealkylation sites (tertiary alicyclic amines) is 1. The van der Waals surface area contributed by atoms with Crippen LogP contribution in [0.1, 0.15) is 26.2 Å². The number of nitrogens with zero attached hydrogens (tertiary/aromatic N) is 2. The van der Waals surface area contributed by atoms with Crippen LogP contribution in [-0.4, -0.2) is 46.2 Å². The van der Waals surface area contributed by atoms with Crippen molar-refractivity contribution in [3.05, 3.63) is 45.1 Å². The van der Waals surface area contributed by atoms with Crippen LogP contribution < -0.4 is 11.2 Å². The number of ether oxygens (including phenoxy) is 1. The summed E-state index contributed by atoms with van der Waals surface area (Å²) in [7, 11) is 0. The Balaban J connectivity index is 1.80. The zero-order valence-corrected chi connectivity index (χ0v) is 14.4. The third kappa shape index (κ3) is 3.82. The Kier molecular flexibility index (Phi) is 5.33. The van der Waals surface area contributed by atoms with Gasteiger partial charge >= 0.3 is 5.69 Å². The van der Waals surface area contributed by atoms with Gasteiger partial charge in [0.1, 0.15) is 6.54 Å². The number of rotatable bonds is 5. The molecule has 134 valence electrons. The van der Waals surface area contributed by atoms with E-state index >= 15 is 0 Å². The number of fused-ring (bicyclic) bond motifs is 1. The van der Waals surface area contributed by atoms with E-state index in [0.29, 0.717) is 30.6 Å². The van der Waals surface area contributed by atoms with Gasteiger partial charge in [-0.15, -0.1) is 0 Å². The summed E-state index contributed by atoms with van der Waals surface area (Å²) in [6.45, 7) is 3.88. The van der Waals surface area contributed by atoms with Crippen molar-refractivity contribution in [1.29, 1.82) is 0 Å². The van der Waals surface area contributed by atoms with Crippen LogP contribution in [0.15, 0.2) is 33.9 Å². The second-order valence-corrected chi connectivity index (χ2v) is 6.34. The van der Waals surface area contributed by atoms with Gasteiger partial charge in [0.05, 0.1) is 17.0 Å². The quantitative estimate of drug-likeness (QED) is 0.880. The highest BCUT2D eigenvalue weighted by molar-refractivity contribution is 5.81. The molecule has 7 heteroatoms. The fraction of sp³-hybridized carbons (Fsp3) is 0.500. The monoisotopic (exact) mass is 345 g/mol. The summed E-state index contributed by atoms with van der Waals surface area (Å²) in [5, 5.41) is 0.401. The van der Waals surface area contributed by atoms with Crippen molar-refractivity contribution in [1.82, 2.24) is 14.5 Å². The highest BCUT2D eigenvalue weighted by Crippen LogP contribution is 2.15. The van der Waals surface area contributed by atoms with E-state index in [-0.39, 0.29) is 18.6 Å². The van der Waals surface area contributed by atoms with Crippen molar-refractivity contribution in [3.8, 4) is 0 Å². The Morgan fingerprint density at radius 2 is 2.12 bits per heavy atom. The van der Waals surface area contributed by atoms with Gasteiger partial charge < -0.3 is 9.64 Å². The summed E-state index contributed by atoms with van der Waals surface area (Å²) >= 11 is 0. The number of benzene rings is 1. The number of H-pyrrole nitrogens is 1. The molecule has 0 bridgehead atoms. The maximum absolute atomic E-state index is 12.7. The summed E-state index contributed by atoms with van der Waals surface area (Å²) in [5.41, 5.74) is -0.525. The summed E-state index contributed by atoms with van der Waals surface area (Å²) in [6, 6.07) is 6.80. The first-order valence-electron chi connectivity index (χ1n) is 8.71. The average molecular weight is 345 g/mol. The lowest BCUT2D eigenvalue weighted by Crippen LogP contribution is -2.46. The van der Waals surface area contributed by atoms with Crippen molar-refractivity contribution in [2.45, 2.75) is 38.8 Å². The second kappa shape index (κ2) is 7.65. The molecule has 1 amide bonds. The molecular weight excluding hydrogens is 322 g/mol. The number of carbonyl (C=O) groups excluding carboxylic acids is 1. The molecule has 1 atom stereocenters. The number of amides is 1. The second-order valence-electron chi connectivity index (χ2n) is 6.34. The van der Waals surface area contributed by atoms with Gasteiger partial charge in [-0.2, -0.15) is 0 Å². The topological polar surface area (TPSA) is 84.4 Å². The Hall–Kier alpha value is -2.41. The molecule has 0 unspecified atom stereocenters. The summed E-state index contributed by atoms with van der Waals surface area (Å²) in [6.07, 6.45) is 2.84. The normalized spacial score (nSPS) is 17.8. The van der Waals surface area contributed by atoms with E-state index in [1.54, 1.807) is 29.2 Å². The van der Waals surface area contributed by atoms with Crippen LogP contribution in [0, 0.1) is 0 Å². The molecule has 1 aliphatic heterocycles. The van der Waals surface area contributed by atoms with Crippen molar-refractivity contribution >= 4 is 16.8 Å². The van der Waals surface area contributed by atoms with Gasteiger partial charge in [-0.25, -0.2) is 4.79 Å². The Morgan fingerprint density at radius 1 is 1.32 bits per heavy atom. The van der Waals surface area contributed by atoms with Gasteiger partial charge in [0.25, 0.3) is 5.56 Å². The van der Waals surface area contributed by atoms with Crippen LogP contribution in [0.2, 0.25) is 0 Å². The lowest BCUT2D eigenvalue weighted by Gasteiger charge is -2.32. The first kappa shape index (κ1) is 17.4. The molecule has 1 aromatic heterocycles. The smallest absolute Gasteiger partial charge is 0.329 e. The molecule has 0 saturated carbocycles. The maximum Gasteiger partial charge on any atom is 0.329 e. The zero-order valence-electron chi connectivity index (χ0n) is 14.4. The standard InChI is InChI=1S/C18H23N3O4/c1-2-10-25-13-6-5-9-20(11-13)16(22)12-21-15-8-4-3-7-14(15)17(23)19-18(21)24/h3-4,7-8,13H,2,5-6,9-12H2,1H3,(H,19,23,24)/t13-/m0/s1. The number of hydrogen-bond donors (Lipinski definition) is 1. The van der Waals surface area contributed by atoms with E-state index in [1.807, 2.05) is 0 Å². The molecule has 25 heavy (non-hydrogen) atoms. The first-order chi connectivity index (χ1) is 12.1. The Labute approximate surface area is 145 Å². The SMILES string of the molecule is CCCO[C@H]1CCCN(C(=O)Cn2c(=O)[nH]c(=O)c3ccccc32)C1. The largest absolute Gasteiger partial charge is 0.376 e.